The Morgan fingerprint density at radius 3 is 2.84 bits per heavy atom. The number of piperazine rings is 1. The van der Waals surface area contributed by atoms with Gasteiger partial charge in [0.25, 0.3) is 5.91 Å². The van der Waals surface area contributed by atoms with Gasteiger partial charge in [-0.05, 0) is 12.7 Å². The van der Waals surface area contributed by atoms with Crippen LogP contribution < -0.4 is 5.32 Å². The van der Waals surface area contributed by atoms with Crippen molar-refractivity contribution in [2.45, 2.75) is 25.5 Å². The summed E-state index contributed by atoms with van der Waals surface area (Å²) in [5.41, 5.74) is 1.00. The van der Waals surface area contributed by atoms with Gasteiger partial charge < -0.3 is 10.2 Å². The Morgan fingerprint density at radius 2 is 2.21 bits per heavy atom. The van der Waals surface area contributed by atoms with Crippen LogP contribution in [0.4, 0.5) is 0 Å². The highest BCUT2D eigenvalue weighted by atomic mass is 32.2. The van der Waals surface area contributed by atoms with Crippen LogP contribution in [-0.2, 0) is 12.2 Å². The molecule has 0 saturated carbocycles. The summed E-state index contributed by atoms with van der Waals surface area (Å²) in [7, 11) is 0. The zero-order valence-electron chi connectivity index (χ0n) is 11.6. The number of nitrogens with one attached hydrogen (secondary N) is 1. The van der Waals surface area contributed by atoms with Crippen molar-refractivity contribution >= 4 is 29.0 Å². The van der Waals surface area contributed by atoms with Crippen molar-refractivity contribution in [1.82, 2.24) is 15.2 Å². The zero-order chi connectivity index (χ0) is 13.7. The van der Waals surface area contributed by atoms with Crippen LogP contribution in [0.3, 0.4) is 0 Å². The number of rotatable bonds is 5. The van der Waals surface area contributed by atoms with Crippen molar-refractivity contribution in [2.24, 2.45) is 0 Å². The van der Waals surface area contributed by atoms with E-state index >= 15 is 0 Å². The lowest BCUT2D eigenvalue weighted by atomic mass is 10.2. The van der Waals surface area contributed by atoms with E-state index in [-0.39, 0.29) is 5.91 Å². The summed E-state index contributed by atoms with van der Waals surface area (Å²) < 4.78 is 0. The number of carbonyl (C=O) groups excluding carboxylic acids is 1. The van der Waals surface area contributed by atoms with Crippen molar-refractivity contribution in [1.29, 1.82) is 0 Å². The molecular formula is C13H21N3OS2. The van der Waals surface area contributed by atoms with Crippen LogP contribution in [0, 0.1) is 0 Å². The maximum Gasteiger partial charge on any atom is 0.265 e. The zero-order valence-corrected chi connectivity index (χ0v) is 13.2. The van der Waals surface area contributed by atoms with Gasteiger partial charge in [-0.1, -0.05) is 13.3 Å². The Bertz CT molecular complexity index is 428. The van der Waals surface area contributed by atoms with E-state index in [2.05, 4.69) is 23.5 Å². The number of aryl methyl sites for hydroxylation is 1. The minimum Gasteiger partial charge on any atom is -0.335 e. The van der Waals surface area contributed by atoms with E-state index in [0.717, 1.165) is 60.4 Å². The second-order valence-electron chi connectivity index (χ2n) is 4.61. The van der Waals surface area contributed by atoms with E-state index in [1.165, 1.54) is 0 Å². The summed E-state index contributed by atoms with van der Waals surface area (Å²) in [4.78, 5) is 20.0. The Kier molecular flexibility index (Phi) is 5.66. The second-order valence-corrected chi connectivity index (χ2v) is 6.56. The van der Waals surface area contributed by atoms with Crippen LogP contribution in [0.25, 0.3) is 0 Å². The SMILES string of the molecule is CCCc1nc(CSC)sc1C(=O)N1CCNCC1. The molecule has 0 atom stereocenters. The molecule has 6 heteroatoms. The quantitative estimate of drug-likeness (QED) is 0.903. The summed E-state index contributed by atoms with van der Waals surface area (Å²) in [6.07, 6.45) is 4.00. The van der Waals surface area contributed by atoms with Crippen molar-refractivity contribution in [3.63, 3.8) is 0 Å². The van der Waals surface area contributed by atoms with Gasteiger partial charge in [0.2, 0.25) is 0 Å². The molecule has 106 valence electrons. The first-order valence-electron chi connectivity index (χ1n) is 6.73. The van der Waals surface area contributed by atoms with Crippen molar-refractivity contribution in [3.8, 4) is 0 Å². The predicted molar refractivity (Wildman–Crippen MR) is 82.1 cm³/mol. The highest BCUT2D eigenvalue weighted by molar-refractivity contribution is 7.97. The lowest BCUT2D eigenvalue weighted by Gasteiger charge is -2.27. The first-order valence-corrected chi connectivity index (χ1v) is 8.94. The molecule has 1 aromatic heterocycles. The van der Waals surface area contributed by atoms with Gasteiger partial charge in [0.05, 0.1) is 5.69 Å². The summed E-state index contributed by atoms with van der Waals surface area (Å²) in [5, 5.41) is 4.36. The number of aromatic nitrogens is 1. The average Bonchev–Trinajstić information content (AvgIpc) is 2.83. The van der Waals surface area contributed by atoms with Crippen LogP contribution in [0.15, 0.2) is 0 Å². The third-order valence-corrected chi connectivity index (χ3v) is 4.93. The summed E-state index contributed by atoms with van der Waals surface area (Å²) in [6, 6.07) is 0. The molecule has 0 aliphatic carbocycles. The van der Waals surface area contributed by atoms with E-state index in [9.17, 15) is 4.79 Å². The van der Waals surface area contributed by atoms with Gasteiger partial charge in [0.1, 0.15) is 9.88 Å². The van der Waals surface area contributed by atoms with Gasteiger partial charge in [-0.15, -0.1) is 11.3 Å². The van der Waals surface area contributed by atoms with Crippen LogP contribution in [0.1, 0.15) is 33.7 Å². The molecule has 0 unspecified atom stereocenters. The maximum atomic E-state index is 12.6. The molecule has 1 amide bonds. The van der Waals surface area contributed by atoms with E-state index in [4.69, 9.17) is 0 Å². The fourth-order valence-corrected chi connectivity index (χ4v) is 3.95. The van der Waals surface area contributed by atoms with Crippen LogP contribution in [0.2, 0.25) is 0 Å². The Balaban J connectivity index is 2.17. The molecule has 1 aromatic rings. The van der Waals surface area contributed by atoms with Gasteiger partial charge in [-0.3, -0.25) is 4.79 Å². The number of thioether (sulfide) groups is 1. The first-order chi connectivity index (χ1) is 9.26. The molecule has 1 saturated heterocycles. The molecule has 0 bridgehead atoms. The standard InChI is InChI=1S/C13H21N3OS2/c1-3-4-10-12(19-11(15-10)9-18-2)13(17)16-7-5-14-6-8-16/h14H,3-9H2,1-2H3. The Labute approximate surface area is 123 Å². The lowest BCUT2D eigenvalue weighted by Crippen LogP contribution is -2.46. The van der Waals surface area contributed by atoms with Crippen LogP contribution in [0.5, 0.6) is 0 Å². The molecule has 1 aliphatic heterocycles. The van der Waals surface area contributed by atoms with E-state index in [1.54, 1.807) is 23.1 Å². The van der Waals surface area contributed by atoms with E-state index in [0.29, 0.717) is 0 Å². The van der Waals surface area contributed by atoms with Crippen molar-refractivity contribution in [2.75, 3.05) is 32.4 Å². The highest BCUT2D eigenvalue weighted by Gasteiger charge is 2.23. The summed E-state index contributed by atoms with van der Waals surface area (Å²) in [5.74, 6) is 1.07. The third kappa shape index (κ3) is 3.70. The normalized spacial score (nSPS) is 15.8. The van der Waals surface area contributed by atoms with Crippen LogP contribution >= 0.6 is 23.1 Å². The van der Waals surface area contributed by atoms with Gasteiger partial charge in [-0.2, -0.15) is 11.8 Å². The predicted octanol–water partition coefficient (Wildman–Crippen LogP) is 2.00. The van der Waals surface area contributed by atoms with Crippen molar-refractivity contribution in [3.05, 3.63) is 15.6 Å². The molecule has 19 heavy (non-hydrogen) atoms. The number of thiazole rings is 1. The van der Waals surface area contributed by atoms with E-state index < -0.39 is 0 Å². The Hall–Kier alpha value is -0.590. The molecule has 0 radical (unpaired) electrons. The van der Waals surface area contributed by atoms with Crippen molar-refractivity contribution < 1.29 is 4.79 Å². The fourth-order valence-electron chi connectivity index (χ4n) is 2.17. The maximum absolute atomic E-state index is 12.6. The minimum absolute atomic E-state index is 0.176. The largest absolute Gasteiger partial charge is 0.335 e. The number of hydrogen-bond acceptors (Lipinski definition) is 5. The van der Waals surface area contributed by atoms with Gasteiger partial charge in [-0.25, -0.2) is 4.98 Å². The smallest absolute Gasteiger partial charge is 0.265 e. The highest BCUT2D eigenvalue weighted by Crippen LogP contribution is 2.24. The molecule has 1 aliphatic rings. The number of amides is 1. The lowest BCUT2D eigenvalue weighted by molar-refractivity contribution is 0.0739. The molecule has 1 N–H and O–H groups in total. The third-order valence-electron chi connectivity index (χ3n) is 3.09. The van der Waals surface area contributed by atoms with Gasteiger partial charge in [0.15, 0.2) is 0 Å². The van der Waals surface area contributed by atoms with Gasteiger partial charge in [0, 0.05) is 31.9 Å². The minimum atomic E-state index is 0.176. The summed E-state index contributed by atoms with van der Waals surface area (Å²) >= 11 is 3.34. The van der Waals surface area contributed by atoms with Crippen LogP contribution in [-0.4, -0.2) is 48.2 Å². The molecule has 0 aromatic carbocycles. The molecule has 0 spiro atoms. The molecular weight excluding hydrogens is 278 g/mol. The van der Waals surface area contributed by atoms with Gasteiger partial charge >= 0.3 is 0 Å². The summed E-state index contributed by atoms with van der Waals surface area (Å²) in [6.45, 7) is 5.53. The van der Waals surface area contributed by atoms with E-state index in [1.807, 2.05) is 4.90 Å². The molecule has 2 rings (SSSR count). The number of carbonyl (C=O) groups is 1. The first kappa shape index (κ1) is 14.8. The average molecular weight is 299 g/mol. The fraction of sp³-hybridized carbons (Fsp3) is 0.692. The monoisotopic (exact) mass is 299 g/mol. The number of nitrogens with zero attached hydrogens (tertiary/aromatic N) is 2. The molecule has 2 heterocycles. The molecule has 1 fully saturated rings. The second kappa shape index (κ2) is 7.26. The topological polar surface area (TPSA) is 45.2 Å². The number of hydrogen-bond donors (Lipinski definition) is 1. The molecule has 4 nitrogen and oxygen atoms in total. The Morgan fingerprint density at radius 1 is 1.47 bits per heavy atom.